The van der Waals surface area contributed by atoms with E-state index < -0.39 is 0 Å². The molecule has 4 heterocycles. The standard InChI is InChI=1S/C18H20ClN3O/c1-12-2-3-16(19)15(8-12)14-9-20-18(21-10-14)23-17-11-22-6-4-13(17)5-7-22/h2-3,8-10,13,17H,4-7,11H2,1H3/t17-/m0/s1. The van der Waals surface area contributed by atoms with Crippen molar-refractivity contribution in [2.75, 3.05) is 19.6 Å². The Hall–Kier alpha value is -1.65. The van der Waals surface area contributed by atoms with Gasteiger partial charge in [-0.15, -0.1) is 0 Å². The van der Waals surface area contributed by atoms with Gasteiger partial charge in [-0.1, -0.05) is 23.2 Å². The van der Waals surface area contributed by atoms with Crippen LogP contribution in [0.3, 0.4) is 0 Å². The fourth-order valence-corrected chi connectivity index (χ4v) is 3.78. The highest BCUT2D eigenvalue weighted by Gasteiger charge is 2.35. The largest absolute Gasteiger partial charge is 0.458 e. The summed E-state index contributed by atoms with van der Waals surface area (Å²) in [6, 6.07) is 6.42. The number of rotatable bonds is 3. The Morgan fingerprint density at radius 1 is 1.17 bits per heavy atom. The van der Waals surface area contributed by atoms with Crippen LogP contribution in [0.2, 0.25) is 5.02 Å². The third kappa shape index (κ3) is 3.06. The van der Waals surface area contributed by atoms with E-state index in [0.29, 0.717) is 17.0 Å². The second-order valence-corrected chi connectivity index (χ2v) is 6.94. The SMILES string of the molecule is Cc1ccc(Cl)c(-c2cnc(O[C@H]3CN4CCC3CC4)nc2)c1. The van der Waals surface area contributed by atoms with Gasteiger partial charge in [-0.2, -0.15) is 0 Å². The third-order valence-corrected chi connectivity index (χ3v) is 5.24. The number of nitrogens with zero attached hydrogens (tertiary/aromatic N) is 3. The molecule has 3 fully saturated rings. The molecule has 0 N–H and O–H groups in total. The summed E-state index contributed by atoms with van der Waals surface area (Å²) in [4.78, 5) is 11.2. The first kappa shape index (κ1) is 14.9. The number of hydrogen-bond acceptors (Lipinski definition) is 4. The van der Waals surface area contributed by atoms with E-state index in [1.165, 1.54) is 25.9 Å². The van der Waals surface area contributed by atoms with Crippen molar-refractivity contribution in [1.29, 1.82) is 0 Å². The summed E-state index contributed by atoms with van der Waals surface area (Å²) in [6.07, 6.45) is 6.27. The van der Waals surface area contributed by atoms with Crippen molar-refractivity contribution in [3.05, 3.63) is 41.2 Å². The van der Waals surface area contributed by atoms with Crippen LogP contribution in [0.4, 0.5) is 0 Å². The second-order valence-electron chi connectivity index (χ2n) is 6.53. The summed E-state index contributed by atoms with van der Waals surface area (Å²) in [5.74, 6) is 0.648. The van der Waals surface area contributed by atoms with Gasteiger partial charge in [-0.05, 0) is 50.9 Å². The van der Waals surface area contributed by atoms with Crippen LogP contribution in [0.25, 0.3) is 11.1 Å². The topological polar surface area (TPSA) is 38.2 Å². The van der Waals surface area contributed by atoms with Crippen molar-refractivity contribution in [2.45, 2.75) is 25.9 Å². The van der Waals surface area contributed by atoms with Crippen LogP contribution in [0.5, 0.6) is 6.01 Å². The lowest BCUT2D eigenvalue weighted by molar-refractivity contribution is -0.0123. The van der Waals surface area contributed by atoms with Gasteiger partial charge < -0.3 is 4.74 Å². The van der Waals surface area contributed by atoms with Crippen molar-refractivity contribution in [2.24, 2.45) is 5.92 Å². The van der Waals surface area contributed by atoms with Gasteiger partial charge in [0, 0.05) is 35.1 Å². The minimum Gasteiger partial charge on any atom is -0.458 e. The van der Waals surface area contributed by atoms with Gasteiger partial charge >= 0.3 is 6.01 Å². The molecule has 2 bridgehead atoms. The molecular weight excluding hydrogens is 310 g/mol. The third-order valence-electron chi connectivity index (χ3n) is 4.91. The minimum absolute atomic E-state index is 0.228. The van der Waals surface area contributed by atoms with E-state index in [2.05, 4.69) is 20.9 Å². The molecule has 2 aromatic rings. The van der Waals surface area contributed by atoms with E-state index in [4.69, 9.17) is 16.3 Å². The van der Waals surface area contributed by atoms with Crippen LogP contribution < -0.4 is 4.74 Å². The summed E-state index contributed by atoms with van der Waals surface area (Å²) in [6.45, 7) is 5.46. The average Bonchev–Trinajstić information content (AvgIpc) is 2.59. The first-order chi connectivity index (χ1) is 11.2. The monoisotopic (exact) mass is 329 g/mol. The van der Waals surface area contributed by atoms with E-state index in [1.807, 2.05) is 19.1 Å². The first-order valence-electron chi connectivity index (χ1n) is 8.16. The molecule has 0 amide bonds. The highest BCUT2D eigenvalue weighted by atomic mass is 35.5. The number of aryl methyl sites for hydroxylation is 1. The first-order valence-corrected chi connectivity index (χ1v) is 8.54. The molecule has 120 valence electrons. The van der Waals surface area contributed by atoms with Gasteiger partial charge in [0.05, 0.1) is 0 Å². The lowest BCUT2D eigenvalue weighted by Crippen LogP contribution is -2.52. The van der Waals surface area contributed by atoms with Crippen molar-refractivity contribution in [3.8, 4) is 17.1 Å². The summed E-state index contributed by atoms with van der Waals surface area (Å²) < 4.78 is 6.04. The minimum atomic E-state index is 0.228. The maximum atomic E-state index is 6.28. The Morgan fingerprint density at radius 2 is 1.91 bits per heavy atom. The van der Waals surface area contributed by atoms with E-state index in [0.717, 1.165) is 23.2 Å². The fraction of sp³-hybridized carbons (Fsp3) is 0.444. The second kappa shape index (κ2) is 6.10. The van der Waals surface area contributed by atoms with Crippen LogP contribution in [0.1, 0.15) is 18.4 Å². The van der Waals surface area contributed by atoms with Crippen LogP contribution in [0, 0.1) is 12.8 Å². The van der Waals surface area contributed by atoms with Crippen molar-refractivity contribution in [1.82, 2.24) is 14.9 Å². The Bertz CT molecular complexity index is 696. The molecule has 0 spiro atoms. The molecule has 0 aliphatic carbocycles. The van der Waals surface area contributed by atoms with Crippen molar-refractivity contribution in [3.63, 3.8) is 0 Å². The molecule has 3 aliphatic rings. The predicted molar refractivity (Wildman–Crippen MR) is 90.8 cm³/mol. The van der Waals surface area contributed by atoms with Gasteiger partial charge in [0.25, 0.3) is 0 Å². The molecule has 5 heteroatoms. The van der Waals surface area contributed by atoms with E-state index in [1.54, 1.807) is 12.4 Å². The Morgan fingerprint density at radius 3 is 2.57 bits per heavy atom. The van der Waals surface area contributed by atoms with E-state index >= 15 is 0 Å². The number of ether oxygens (including phenoxy) is 1. The number of aromatic nitrogens is 2. The molecule has 4 nitrogen and oxygen atoms in total. The number of hydrogen-bond donors (Lipinski definition) is 0. The molecule has 23 heavy (non-hydrogen) atoms. The number of fused-ring (bicyclic) bond motifs is 3. The highest BCUT2D eigenvalue weighted by molar-refractivity contribution is 6.33. The Kier molecular flexibility index (Phi) is 3.95. The summed E-state index contributed by atoms with van der Waals surface area (Å²) in [7, 11) is 0. The molecular formula is C18H20ClN3O. The summed E-state index contributed by atoms with van der Waals surface area (Å²) in [5.41, 5.74) is 3.04. The van der Waals surface area contributed by atoms with E-state index in [-0.39, 0.29) is 6.10 Å². The van der Waals surface area contributed by atoms with Crippen LogP contribution in [-0.4, -0.2) is 40.6 Å². The van der Waals surface area contributed by atoms with Crippen molar-refractivity contribution >= 4 is 11.6 Å². The maximum absolute atomic E-state index is 6.28. The van der Waals surface area contributed by atoms with Gasteiger partial charge in [0.15, 0.2) is 0 Å². The lowest BCUT2D eigenvalue weighted by Gasteiger charge is -2.43. The molecule has 3 saturated heterocycles. The molecule has 1 aromatic carbocycles. The predicted octanol–water partition coefficient (Wildman–Crippen LogP) is 3.58. The quantitative estimate of drug-likeness (QED) is 0.862. The van der Waals surface area contributed by atoms with E-state index in [9.17, 15) is 0 Å². The zero-order valence-corrected chi connectivity index (χ0v) is 14.0. The van der Waals surface area contributed by atoms with Gasteiger partial charge in [-0.25, -0.2) is 9.97 Å². The average molecular weight is 330 g/mol. The van der Waals surface area contributed by atoms with Crippen LogP contribution in [-0.2, 0) is 0 Å². The number of halogens is 1. The maximum Gasteiger partial charge on any atom is 0.316 e. The zero-order valence-electron chi connectivity index (χ0n) is 13.2. The summed E-state index contributed by atoms with van der Waals surface area (Å²) >= 11 is 6.28. The highest BCUT2D eigenvalue weighted by Crippen LogP contribution is 2.31. The number of benzene rings is 1. The Labute approximate surface area is 141 Å². The molecule has 3 aliphatic heterocycles. The van der Waals surface area contributed by atoms with Gasteiger partial charge in [0.1, 0.15) is 6.10 Å². The normalized spacial score (nSPS) is 26.3. The molecule has 0 radical (unpaired) electrons. The zero-order chi connectivity index (χ0) is 15.8. The molecule has 0 unspecified atom stereocenters. The van der Waals surface area contributed by atoms with Crippen molar-refractivity contribution < 1.29 is 4.74 Å². The molecule has 1 atom stereocenters. The fourth-order valence-electron chi connectivity index (χ4n) is 3.56. The van der Waals surface area contributed by atoms with Gasteiger partial charge in [-0.3, -0.25) is 4.90 Å². The summed E-state index contributed by atoms with van der Waals surface area (Å²) in [5, 5.41) is 0.713. The smallest absolute Gasteiger partial charge is 0.316 e. The molecule has 0 saturated carbocycles. The molecule has 5 rings (SSSR count). The lowest BCUT2D eigenvalue weighted by atomic mass is 9.86. The number of piperidine rings is 3. The van der Waals surface area contributed by atoms with Crippen LogP contribution >= 0.6 is 11.6 Å². The molecule has 1 aromatic heterocycles. The Balaban J connectivity index is 1.51. The van der Waals surface area contributed by atoms with Gasteiger partial charge in [0.2, 0.25) is 0 Å². The van der Waals surface area contributed by atoms with Crippen LogP contribution in [0.15, 0.2) is 30.6 Å².